The second kappa shape index (κ2) is 5.25. The van der Waals surface area contributed by atoms with Crippen molar-refractivity contribution in [3.05, 3.63) is 57.2 Å². The third kappa shape index (κ3) is 2.52. The lowest BCUT2D eigenvalue weighted by Gasteiger charge is -2.05. The SMILES string of the molecule is Cn1ncc2c(=O)n(CC(=O)c3cccc(Br)c3)cnc21. The lowest BCUT2D eigenvalue weighted by atomic mass is 10.1. The van der Waals surface area contributed by atoms with Crippen LogP contribution < -0.4 is 5.56 Å². The molecular formula is C14H11BrN4O2. The summed E-state index contributed by atoms with van der Waals surface area (Å²) in [7, 11) is 1.71. The fraction of sp³-hybridized carbons (Fsp3) is 0.143. The topological polar surface area (TPSA) is 69.8 Å². The maximum atomic E-state index is 12.3. The number of carbonyl (C=O) groups is 1. The smallest absolute Gasteiger partial charge is 0.264 e. The summed E-state index contributed by atoms with van der Waals surface area (Å²) in [6.45, 7) is -0.0485. The maximum absolute atomic E-state index is 12.3. The van der Waals surface area contributed by atoms with Gasteiger partial charge in [-0.05, 0) is 12.1 Å². The first-order chi connectivity index (χ1) is 10.1. The molecule has 0 aliphatic carbocycles. The Kier molecular flexibility index (Phi) is 3.42. The van der Waals surface area contributed by atoms with Gasteiger partial charge in [-0.25, -0.2) is 4.98 Å². The quantitative estimate of drug-likeness (QED) is 0.677. The Hall–Kier alpha value is -2.28. The van der Waals surface area contributed by atoms with Crippen molar-refractivity contribution in [2.45, 2.75) is 6.54 Å². The molecule has 7 heteroatoms. The normalized spacial score (nSPS) is 11.0. The Labute approximate surface area is 128 Å². The molecule has 0 aliphatic rings. The summed E-state index contributed by atoms with van der Waals surface area (Å²) in [5, 5.41) is 4.40. The van der Waals surface area contributed by atoms with E-state index in [0.717, 1.165) is 4.47 Å². The molecule has 1 aromatic carbocycles. The van der Waals surface area contributed by atoms with Crippen LogP contribution in [0.3, 0.4) is 0 Å². The van der Waals surface area contributed by atoms with E-state index in [4.69, 9.17) is 0 Å². The summed E-state index contributed by atoms with van der Waals surface area (Å²) in [6, 6.07) is 7.06. The predicted octanol–water partition coefficient (Wildman–Crippen LogP) is 1.78. The largest absolute Gasteiger partial charge is 0.292 e. The van der Waals surface area contributed by atoms with Crippen molar-refractivity contribution >= 4 is 32.7 Å². The molecule has 106 valence electrons. The molecule has 0 saturated carbocycles. The second-order valence-corrected chi connectivity index (χ2v) is 5.53. The Morgan fingerprint density at radius 3 is 2.95 bits per heavy atom. The van der Waals surface area contributed by atoms with Gasteiger partial charge in [0.25, 0.3) is 5.56 Å². The van der Waals surface area contributed by atoms with E-state index in [9.17, 15) is 9.59 Å². The number of hydrogen-bond donors (Lipinski definition) is 0. The van der Waals surface area contributed by atoms with Gasteiger partial charge < -0.3 is 0 Å². The summed E-state index contributed by atoms with van der Waals surface area (Å²) in [5.41, 5.74) is 0.783. The van der Waals surface area contributed by atoms with Gasteiger partial charge in [-0.3, -0.25) is 18.8 Å². The van der Waals surface area contributed by atoms with Crippen LogP contribution in [0.1, 0.15) is 10.4 Å². The van der Waals surface area contributed by atoms with E-state index in [-0.39, 0.29) is 17.9 Å². The van der Waals surface area contributed by atoms with E-state index in [1.807, 2.05) is 6.07 Å². The summed E-state index contributed by atoms with van der Waals surface area (Å²) in [5.74, 6) is -0.150. The van der Waals surface area contributed by atoms with E-state index < -0.39 is 0 Å². The highest BCUT2D eigenvalue weighted by molar-refractivity contribution is 9.10. The van der Waals surface area contributed by atoms with Crippen LogP contribution in [0.4, 0.5) is 0 Å². The molecule has 0 aliphatic heterocycles. The average molecular weight is 347 g/mol. The maximum Gasteiger partial charge on any atom is 0.264 e. The van der Waals surface area contributed by atoms with Crippen molar-refractivity contribution in [2.24, 2.45) is 7.05 Å². The molecule has 21 heavy (non-hydrogen) atoms. The highest BCUT2D eigenvalue weighted by atomic mass is 79.9. The number of Topliss-reactive ketones (excluding diaryl/α,β-unsaturated/α-hetero) is 1. The monoisotopic (exact) mass is 346 g/mol. The molecule has 0 saturated heterocycles. The van der Waals surface area contributed by atoms with Crippen molar-refractivity contribution in [1.82, 2.24) is 19.3 Å². The number of halogens is 1. The van der Waals surface area contributed by atoms with Crippen molar-refractivity contribution in [2.75, 3.05) is 0 Å². The first kappa shape index (κ1) is 13.7. The standard InChI is InChI=1S/C14H11BrN4O2/c1-18-13-11(6-17-18)14(21)19(8-16-13)7-12(20)9-3-2-4-10(15)5-9/h2-6,8H,7H2,1H3. The first-order valence-corrected chi connectivity index (χ1v) is 7.01. The van der Waals surface area contributed by atoms with Crippen LogP contribution in [-0.2, 0) is 13.6 Å². The highest BCUT2D eigenvalue weighted by Gasteiger charge is 2.12. The number of aromatic nitrogens is 4. The zero-order valence-corrected chi connectivity index (χ0v) is 12.7. The molecule has 3 aromatic rings. The molecule has 2 aromatic heterocycles. The number of ketones is 1. The van der Waals surface area contributed by atoms with Crippen molar-refractivity contribution in [3.8, 4) is 0 Å². The summed E-state index contributed by atoms with van der Waals surface area (Å²) in [4.78, 5) is 28.7. The molecular weight excluding hydrogens is 336 g/mol. The third-order valence-electron chi connectivity index (χ3n) is 3.18. The van der Waals surface area contributed by atoms with Gasteiger partial charge in [0.15, 0.2) is 11.4 Å². The summed E-state index contributed by atoms with van der Waals surface area (Å²) in [6.07, 6.45) is 2.84. The number of nitrogens with zero attached hydrogens (tertiary/aromatic N) is 4. The first-order valence-electron chi connectivity index (χ1n) is 6.22. The van der Waals surface area contributed by atoms with Gasteiger partial charge in [0, 0.05) is 17.1 Å². The Morgan fingerprint density at radius 2 is 2.19 bits per heavy atom. The average Bonchev–Trinajstić information content (AvgIpc) is 2.84. The fourth-order valence-electron chi connectivity index (χ4n) is 2.09. The van der Waals surface area contributed by atoms with Crippen LogP contribution in [0.2, 0.25) is 0 Å². The van der Waals surface area contributed by atoms with Gasteiger partial charge in [0.05, 0.1) is 12.7 Å². The summed E-state index contributed by atoms with van der Waals surface area (Å²) >= 11 is 3.32. The Bertz CT molecular complexity index is 897. The minimum absolute atomic E-state index is 0.0485. The van der Waals surface area contributed by atoms with E-state index in [0.29, 0.717) is 16.6 Å². The number of fused-ring (bicyclic) bond motifs is 1. The highest BCUT2D eigenvalue weighted by Crippen LogP contribution is 2.12. The van der Waals surface area contributed by atoms with Gasteiger partial charge in [0.1, 0.15) is 11.7 Å². The molecule has 0 atom stereocenters. The van der Waals surface area contributed by atoms with Gasteiger partial charge in [-0.2, -0.15) is 5.10 Å². The van der Waals surface area contributed by atoms with E-state index in [1.165, 1.54) is 21.8 Å². The number of hydrogen-bond acceptors (Lipinski definition) is 4. The third-order valence-corrected chi connectivity index (χ3v) is 3.67. The molecule has 6 nitrogen and oxygen atoms in total. The van der Waals surface area contributed by atoms with E-state index in [1.54, 1.807) is 25.2 Å². The van der Waals surface area contributed by atoms with Crippen molar-refractivity contribution in [3.63, 3.8) is 0 Å². The Morgan fingerprint density at radius 1 is 1.38 bits per heavy atom. The van der Waals surface area contributed by atoms with Crippen molar-refractivity contribution < 1.29 is 4.79 Å². The lowest BCUT2D eigenvalue weighted by Crippen LogP contribution is -2.24. The minimum atomic E-state index is -0.267. The van der Waals surface area contributed by atoms with Gasteiger partial charge in [0.2, 0.25) is 0 Å². The zero-order valence-electron chi connectivity index (χ0n) is 11.2. The predicted molar refractivity (Wildman–Crippen MR) is 81.2 cm³/mol. The second-order valence-electron chi connectivity index (χ2n) is 4.62. The van der Waals surface area contributed by atoms with Crippen LogP contribution in [0.25, 0.3) is 11.0 Å². The molecule has 0 amide bonds. The molecule has 0 unspecified atom stereocenters. The minimum Gasteiger partial charge on any atom is -0.292 e. The van der Waals surface area contributed by atoms with E-state index >= 15 is 0 Å². The molecule has 0 fully saturated rings. The van der Waals surface area contributed by atoms with Gasteiger partial charge >= 0.3 is 0 Å². The molecule has 3 rings (SSSR count). The molecule has 0 spiro atoms. The number of benzene rings is 1. The zero-order chi connectivity index (χ0) is 15.0. The van der Waals surface area contributed by atoms with Crippen LogP contribution >= 0.6 is 15.9 Å². The van der Waals surface area contributed by atoms with Crippen molar-refractivity contribution in [1.29, 1.82) is 0 Å². The molecule has 0 radical (unpaired) electrons. The lowest BCUT2D eigenvalue weighted by molar-refractivity contribution is 0.0970. The van der Waals surface area contributed by atoms with Crippen LogP contribution in [0, 0.1) is 0 Å². The molecule has 2 heterocycles. The number of rotatable bonds is 3. The molecule has 0 bridgehead atoms. The van der Waals surface area contributed by atoms with Crippen LogP contribution in [0.15, 0.2) is 46.1 Å². The van der Waals surface area contributed by atoms with E-state index in [2.05, 4.69) is 26.0 Å². The fourth-order valence-corrected chi connectivity index (χ4v) is 2.49. The van der Waals surface area contributed by atoms with Crippen LogP contribution in [-0.4, -0.2) is 25.1 Å². The van der Waals surface area contributed by atoms with Gasteiger partial charge in [-0.15, -0.1) is 0 Å². The van der Waals surface area contributed by atoms with Crippen LogP contribution in [0.5, 0.6) is 0 Å². The Balaban J connectivity index is 1.97. The number of carbonyl (C=O) groups excluding carboxylic acids is 1. The number of aryl methyl sites for hydroxylation is 1. The molecule has 0 N–H and O–H groups in total. The van der Waals surface area contributed by atoms with Gasteiger partial charge in [-0.1, -0.05) is 28.1 Å². The summed E-state index contributed by atoms with van der Waals surface area (Å²) < 4.78 is 3.64.